The zero-order valence-corrected chi connectivity index (χ0v) is 9.00. The maximum absolute atomic E-state index is 3.42. The van der Waals surface area contributed by atoms with E-state index in [-0.39, 0.29) is 0 Å². The normalized spacial score (nSPS) is 18.0. The lowest BCUT2D eigenvalue weighted by molar-refractivity contribution is 0.716. The van der Waals surface area contributed by atoms with Gasteiger partial charge in [-0.05, 0) is 44.5 Å². The second-order valence-electron chi connectivity index (χ2n) is 3.60. The number of thiophene rings is 1. The summed E-state index contributed by atoms with van der Waals surface area (Å²) in [5, 5.41) is 3.42. The van der Waals surface area contributed by atoms with Gasteiger partial charge in [0.15, 0.2) is 0 Å². The summed E-state index contributed by atoms with van der Waals surface area (Å²) in [6.45, 7) is 6.61. The Morgan fingerprint density at radius 1 is 1.31 bits per heavy atom. The molecule has 1 N–H and O–H groups in total. The van der Waals surface area contributed by atoms with Gasteiger partial charge >= 0.3 is 0 Å². The van der Waals surface area contributed by atoms with Crippen LogP contribution < -0.4 is 5.32 Å². The van der Waals surface area contributed by atoms with Gasteiger partial charge in [0.1, 0.15) is 0 Å². The highest BCUT2D eigenvalue weighted by Gasteiger charge is 2.11. The minimum atomic E-state index is 1.05. The predicted octanol–water partition coefficient (Wildman–Crippen LogP) is 2.82. The van der Waals surface area contributed by atoms with Crippen molar-refractivity contribution < 1.29 is 0 Å². The van der Waals surface area contributed by atoms with Gasteiger partial charge in [0.2, 0.25) is 0 Å². The van der Waals surface area contributed by atoms with Gasteiger partial charge in [0.05, 0.1) is 0 Å². The van der Waals surface area contributed by atoms with Crippen molar-refractivity contribution in [1.82, 2.24) is 5.32 Å². The Labute approximate surface area is 83.5 Å². The van der Waals surface area contributed by atoms with E-state index in [1.165, 1.54) is 21.7 Å². The predicted molar refractivity (Wildman–Crippen MR) is 59.1 cm³/mol. The van der Waals surface area contributed by atoms with Crippen molar-refractivity contribution in [3.8, 4) is 0 Å². The smallest absolute Gasteiger partial charge is 0.0317 e. The van der Waals surface area contributed by atoms with Crippen LogP contribution in [-0.2, 0) is 0 Å². The first-order valence-corrected chi connectivity index (χ1v) is 5.55. The van der Waals surface area contributed by atoms with Gasteiger partial charge < -0.3 is 5.32 Å². The maximum Gasteiger partial charge on any atom is 0.0317 e. The average molecular weight is 193 g/mol. The van der Waals surface area contributed by atoms with Crippen molar-refractivity contribution in [3.63, 3.8) is 0 Å². The van der Waals surface area contributed by atoms with Crippen LogP contribution in [0.4, 0.5) is 0 Å². The van der Waals surface area contributed by atoms with Crippen molar-refractivity contribution in [3.05, 3.63) is 27.5 Å². The SMILES string of the molecule is CC1=C(c2ccc(C)s2)CNCC1. The molecule has 0 aromatic carbocycles. The van der Waals surface area contributed by atoms with Crippen LogP contribution in [0.25, 0.3) is 5.57 Å². The molecule has 70 valence electrons. The van der Waals surface area contributed by atoms with E-state index < -0.39 is 0 Å². The first-order chi connectivity index (χ1) is 6.27. The van der Waals surface area contributed by atoms with Crippen molar-refractivity contribution in [1.29, 1.82) is 0 Å². The molecule has 1 nitrogen and oxygen atoms in total. The number of rotatable bonds is 1. The molecule has 2 rings (SSSR count). The maximum atomic E-state index is 3.42. The topological polar surface area (TPSA) is 12.0 Å². The zero-order chi connectivity index (χ0) is 9.26. The molecule has 1 aromatic heterocycles. The molecule has 1 aromatic rings. The highest BCUT2D eigenvalue weighted by Crippen LogP contribution is 2.28. The lowest BCUT2D eigenvalue weighted by Crippen LogP contribution is -2.23. The standard InChI is InChI=1S/C11H15NS/c1-8-5-6-12-7-10(8)11-4-3-9(2)13-11/h3-4,12H,5-7H2,1-2H3. The molecule has 0 saturated heterocycles. The minimum absolute atomic E-state index is 1.05. The Hall–Kier alpha value is -0.600. The Morgan fingerprint density at radius 3 is 2.77 bits per heavy atom. The summed E-state index contributed by atoms with van der Waals surface area (Å²) in [6, 6.07) is 4.45. The van der Waals surface area contributed by atoms with Crippen LogP contribution in [0.3, 0.4) is 0 Å². The van der Waals surface area contributed by atoms with Gasteiger partial charge in [-0.3, -0.25) is 0 Å². The Balaban J connectivity index is 2.34. The second-order valence-corrected chi connectivity index (χ2v) is 4.88. The van der Waals surface area contributed by atoms with Crippen LogP contribution in [-0.4, -0.2) is 13.1 Å². The summed E-state index contributed by atoms with van der Waals surface area (Å²) >= 11 is 1.90. The average Bonchev–Trinajstić information content (AvgIpc) is 2.53. The third kappa shape index (κ3) is 1.84. The van der Waals surface area contributed by atoms with Gasteiger partial charge in [-0.15, -0.1) is 11.3 Å². The molecule has 0 amide bonds. The molecule has 0 unspecified atom stereocenters. The fraction of sp³-hybridized carbons (Fsp3) is 0.455. The van der Waals surface area contributed by atoms with Crippen LogP contribution in [0.2, 0.25) is 0 Å². The molecule has 0 radical (unpaired) electrons. The van der Waals surface area contributed by atoms with Crippen LogP contribution in [0.5, 0.6) is 0 Å². The van der Waals surface area contributed by atoms with Gasteiger partial charge in [-0.25, -0.2) is 0 Å². The fourth-order valence-electron chi connectivity index (χ4n) is 1.69. The molecule has 0 atom stereocenters. The van der Waals surface area contributed by atoms with Crippen molar-refractivity contribution in [2.24, 2.45) is 0 Å². The van der Waals surface area contributed by atoms with Crippen molar-refractivity contribution in [2.75, 3.05) is 13.1 Å². The van der Waals surface area contributed by atoms with E-state index in [0.29, 0.717) is 0 Å². The number of hydrogen-bond donors (Lipinski definition) is 1. The van der Waals surface area contributed by atoms with E-state index in [1.807, 2.05) is 11.3 Å². The molecule has 2 heteroatoms. The molecule has 1 aliphatic rings. The monoisotopic (exact) mass is 193 g/mol. The molecular weight excluding hydrogens is 178 g/mol. The summed E-state index contributed by atoms with van der Waals surface area (Å²) in [5.74, 6) is 0. The summed E-state index contributed by atoms with van der Waals surface area (Å²) in [7, 11) is 0. The summed E-state index contributed by atoms with van der Waals surface area (Å²) in [6.07, 6.45) is 1.20. The van der Waals surface area contributed by atoms with E-state index >= 15 is 0 Å². The van der Waals surface area contributed by atoms with E-state index in [4.69, 9.17) is 0 Å². The van der Waals surface area contributed by atoms with E-state index in [9.17, 15) is 0 Å². The number of nitrogens with one attached hydrogen (secondary N) is 1. The van der Waals surface area contributed by atoms with Crippen LogP contribution in [0.15, 0.2) is 17.7 Å². The molecule has 0 fully saturated rings. The molecule has 13 heavy (non-hydrogen) atoms. The molecule has 0 spiro atoms. The van der Waals surface area contributed by atoms with E-state index in [0.717, 1.165) is 13.1 Å². The summed E-state index contributed by atoms with van der Waals surface area (Å²) < 4.78 is 0. The largest absolute Gasteiger partial charge is 0.312 e. The van der Waals surface area contributed by atoms with Crippen LogP contribution in [0.1, 0.15) is 23.1 Å². The lowest BCUT2D eigenvalue weighted by Gasteiger charge is -2.17. The Morgan fingerprint density at radius 2 is 2.15 bits per heavy atom. The number of hydrogen-bond acceptors (Lipinski definition) is 2. The highest BCUT2D eigenvalue weighted by molar-refractivity contribution is 7.13. The number of aryl methyl sites for hydroxylation is 1. The first-order valence-electron chi connectivity index (χ1n) is 4.73. The molecular formula is C11H15NS. The highest BCUT2D eigenvalue weighted by atomic mass is 32.1. The first kappa shape index (κ1) is 8.97. The quantitative estimate of drug-likeness (QED) is 0.723. The second kappa shape index (κ2) is 3.64. The molecule has 0 saturated carbocycles. The lowest BCUT2D eigenvalue weighted by atomic mass is 10.0. The third-order valence-corrected chi connectivity index (χ3v) is 3.59. The fourth-order valence-corrected chi connectivity index (χ4v) is 2.67. The molecule has 2 heterocycles. The molecule has 0 bridgehead atoms. The van der Waals surface area contributed by atoms with Crippen molar-refractivity contribution >= 4 is 16.9 Å². The van der Waals surface area contributed by atoms with E-state index in [2.05, 4.69) is 31.3 Å². The van der Waals surface area contributed by atoms with Gasteiger partial charge in [-0.1, -0.05) is 5.57 Å². The van der Waals surface area contributed by atoms with E-state index in [1.54, 1.807) is 5.57 Å². The Bertz CT molecular complexity index is 336. The third-order valence-electron chi connectivity index (χ3n) is 2.53. The summed E-state index contributed by atoms with van der Waals surface area (Å²) in [4.78, 5) is 2.85. The van der Waals surface area contributed by atoms with Crippen molar-refractivity contribution in [2.45, 2.75) is 20.3 Å². The Kier molecular flexibility index (Phi) is 2.51. The van der Waals surface area contributed by atoms with Gasteiger partial charge in [0, 0.05) is 16.3 Å². The molecule has 0 aliphatic carbocycles. The van der Waals surface area contributed by atoms with Gasteiger partial charge in [-0.2, -0.15) is 0 Å². The van der Waals surface area contributed by atoms with Crippen LogP contribution in [0, 0.1) is 6.92 Å². The summed E-state index contributed by atoms with van der Waals surface area (Å²) in [5.41, 5.74) is 3.07. The zero-order valence-electron chi connectivity index (χ0n) is 8.18. The van der Waals surface area contributed by atoms with Gasteiger partial charge in [0.25, 0.3) is 0 Å². The minimum Gasteiger partial charge on any atom is -0.312 e. The molecule has 1 aliphatic heterocycles. The van der Waals surface area contributed by atoms with Crippen LogP contribution >= 0.6 is 11.3 Å².